The lowest BCUT2D eigenvalue weighted by Gasteiger charge is -2.17. The molecule has 3 heteroatoms. The molecule has 2 rings (SSSR count). The van der Waals surface area contributed by atoms with E-state index < -0.39 is 0 Å². The molecule has 0 saturated carbocycles. The Morgan fingerprint density at radius 2 is 1.61 bits per heavy atom. The molecule has 0 bridgehead atoms. The summed E-state index contributed by atoms with van der Waals surface area (Å²) in [5.41, 5.74) is 5.24. The zero-order valence-electron chi connectivity index (χ0n) is 10.5. The highest BCUT2D eigenvalue weighted by Gasteiger charge is 2.11. The summed E-state index contributed by atoms with van der Waals surface area (Å²) in [5, 5.41) is 0. The van der Waals surface area contributed by atoms with Crippen LogP contribution >= 0.6 is 11.8 Å². The smallest absolute Gasteiger partial charge is 0.0710 e. The van der Waals surface area contributed by atoms with Crippen molar-refractivity contribution in [3.63, 3.8) is 0 Å². The van der Waals surface area contributed by atoms with Crippen LogP contribution in [0.1, 0.15) is 24.1 Å². The van der Waals surface area contributed by atoms with Crippen LogP contribution in [-0.4, -0.2) is 5.75 Å². The van der Waals surface area contributed by atoms with Crippen LogP contribution in [0.15, 0.2) is 59.5 Å². The van der Waals surface area contributed by atoms with Crippen molar-refractivity contribution in [1.82, 2.24) is 5.43 Å². The van der Waals surface area contributed by atoms with E-state index in [0.29, 0.717) is 0 Å². The van der Waals surface area contributed by atoms with Gasteiger partial charge >= 0.3 is 0 Å². The van der Waals surface area contributed by atoms with E-state index in [1.54, 1.807) is 0 Å². The normalized spacial score (nSPS) is 12.3. The molecule has 0 aliphatic heterocycles. The predicted molar refractivity (Wildman–Crippen MR) is 78.4 cm³/mol. The second-order valence-corrected chi connectivity index (χ2v) is 5.35. The molecule has 0 fully saturated rings. The van der Waals surface area contributed by atoms with E-state index >= 15 is 0 Å². The Balaban J connectivity index is 2.23. The third-order valence-corrected chi connectivity index (χ3v) is 3.72. The number of nitrogens with one attached hydrogen (secondary N) is 1. The topological polar surface area (TPSA) is 38.0 Å². The fourth-order valence-corrected chi connectivity index (χ4v) is 2.62. The Kier molecular flexibility index (Phi) is 4.81. The van der Waals surface area contributed by atoms with Crippen molar-refractivity contribution < 1.29 is 0 Å². The maximum Gasteiger partial charge on any atom is 0.0710 e. The van der Waals surface area contributed by atoms with E-state index in [9.17, 15) is 0 Å². The van der Waals surface area contributed by atoms with Gasteiger partial charge < -0.3 is 0 Å². The zero-order chi connectivity index (χ0) is 12.8. The molecule has 0 aliphatic rings. The van der Waals surface area contributed by atoms with Gasteiger partial charge in [-0.15, -0.1) is 11.8 Å². The van der Waals surface area contributed by atoms with Gasteiger partial charge in [-0.2, -0.15) is 0 Å². The van der Waals surface area contributed by atoms with Gasteiger partial charge in [-0.25, -0.2) is 5.43 Å². The minimum absolute atomic E-state index is 0.0480. The van der Waals surface area contributed by atoms with E-state index in [1.165, 1.54) is 16.0 Å². The molecule has 1 unspecified atom stereocenters. The molecule has 0 saturated heterocycles. The first-order chi connectivity index (χ1) is 8.85. The number of rotatable bonds is 5. The molecule has 0 amide bonds. The molecule has 94 valence electrons. The van der Waals surface area contributed by atoms with E-state index in [1.807, 2.05) is 30.0 Å². The first-order valence-corrected chi connectivity index (χ1v) is 7.07. The molecule has 2 aromatic carbocycles. The number of hydrogen-bond acceptors (Lipinski definition) is 3. The fraction of sp³-hybridized carbons (Fsp3) is 0.200. The van der Waals surface area contributed by atoms with Gasteiger partial charge in [-0.05, 0) is 29.0 Å². The summed E-state index contributed by atoms with van der Waals surface area (Å²) in [7, 11) is 0. The molecule has 3 N–H and O–H groups in total. The van der Waals surface area contributed by atoms with Crippen LogP contribution < -0.4 is 11.3 Å². The summed E-state index contributed by atoms with van der Waals surface area (Å²) in [6.45, 7) is 2.16. The van der Waals surface area contributed by atoms with E-state index in [2.05, 4.69) is 48.7 Å². The van der Waals surface area contributed by atoms with Crippen molar-refractivity contribution in [2.24, 2.45) is 5.84 Å². The van der Waals surface area contributed by atoms with Crippen LogP contribution in [0.25, 0.3) is 0 Å². The lowest BCUT2D eigenvalue weighted by Crippen LogP contribution is -2.28. The highest BCUT2D eigenvalue weighted by molar-refractivity contribution is 7.99. The number of thioether (sulfide) groups is 1. The van der Waals surface area contributed by atoms with Crippen molar-refractivity contribution in [3.8, 4) is 0 Å². The number of hydrazine groups is 1. The van der Waals surface area contributed by atoms with Crippen molar-refractivity contribution in [1.29, 1.82) is 0 Å². The highest BCUT2D eigenvalue weighted by Crippen LogP contribution is 2.24. The van der Waals surface area contributed by atoms with Crippen LogP contribution in [-0.2, 0) is 0 Å². The molecule has 2 aromatic rings. The molecular weight excluding hydrogens is 240 g/mol. The van der Waals surface area contributed by atoms with E-state index in [4.69, 9.17) is 5.84 Å². The number of hydrogen-bond donors (Lipinski definition) is 2. The lowest BCUT2D eigenvalue weighted by atomic mass is 9.99. The van der Waals surface area contributed by atoms with E-state index in [0.717, 1.165) is 5.75 Å². The molecule has 2 nitrogen and oxygen atoms in total. The van der Waals surface area contributed by atoms with Gasteiger partial charge in [-0.3, -0.25) is 5.84 Å². The van der Waals surface area contributed by atoms with Gasteiger partial charge in [0.1, 0.15) is 0 Å². The van der Waals surface area contributed by atoms with Crippen molar-refractivity contribution in [2.75, 3.05) is 5.75 Å². The number of nitrogens with two attached hydrogens (primary N) is 1. The van der Waals surface area contributed by atoms with Gasteiger partial charge in [0, 0.05) is 4.90 Å². The second-order valence-electron chi connectivity index (χ2n) is 4.01. The average molecular weight is 258 g/mol. The maximum absolute atomic E-state index is 5.68. The molecule has 0 radical (unpaired) electrons. The van der Waals surface area contributed by atoms with E-state index in [-0.39, 0.29) is 6.04 Å². The highest BCUT2D eigenvalue weighted by atomic mass is 32.2. The molecule has 0 heterocycles. The van der Waals surface area contributed by atoms with Gasteiger partial charge in [-0.1, -0.05) is 49.4 Å². The van der Waals surface area contributed by atoms with Crippen LogP contribution in [0.4, 0.5) is 0 Å². The third-order valence-electron chi connectivity index (χ3n) is 2.82. The summed E-state index contributed by atoms with van der Waals surface area (Å²) in [6.07, 6.45) is 0. The quantitative estimate of drug-likeness (QED) is 0.491. The largest absolute Gasteiger partial charge is 0.271 e. The first kappa shape index (κ1) is 13.1. The fourth-order valence-electron chi connectivity index (χ4n) is 1.95. The average Bonchev–Trinajstić information content (AvgIpc) is 2.43. The molecule has 18 heavy (non-hydrogen) atoms. The minimum Gasteiger partial charge on any atom is -0.271 e. The monoisotopic (exact) mass is 258 g/mol. The Morgan fingerprint density at radius 1 is 1.00 bits per heavy atom. The summed E-state index contributed by atoms with van der Waals surface area (Å²) in [4.78, 5) is 1.30. The van der Waals surface area contributed by atoms with Crippen molar-refractivity contribution in [3.05, 3.63) is 65.7 Å². The Labute approximate surface area is 113 Å². The Hall–Kier alpha value is -1.29. The Bertz CT molecular complexity index is 468. The third kappa shape index (κ3) is 3.13. The lowest BCUT2D eigenvalue weighted by molar-refractivity contribution is 0.636. The summed E-state index contributed by atoms with van der Waals surface area (Å²) < 4.78 is 0. The second kappa shape index (κ2) is 6.59. The van der Waals surface area contributed by atoms with Crippen LogP contribution in [0, 0.1) is 0 Å². The van der Waals surface area contributed by atoms with Gasteiger partial charge in [0.25, 0.3) is 0 Å². The summed E-state index contributed by atoms with van der Waals surface area (Å²) in [6, 6.07) is 18.9. The molecule has 1 atom stereocenters. The van der Waals surface area contributed by atoms with Crippen LogP contribution in [0.2, 0.25) is 0 Å². The standard InChI is InChI=1S/C15H18N2S/c1-2-18-14-10-8-13(9-11-14)15(17-16)12-6-4-3-5-7-12/h3-11,15,17H,2,16H2,1H3. The zero-order valence-corrected chi connectivity index (χ0v) is 11.3. The van der Waals surface area contributed by atoms with Crippen LogP contribution in [0.5, 0.6) is 0 Å². The summed E-state index contributed by atoms with van der Waals surface area (Å²) >= 11 is 1.85. The van der Waals surface area contributed by atoms with Gasteiger partial charge in [0.2, 0.25) is 0 Å². The SMILES string of the molecule is CCSc1ccc(C(NN)c2ccccc2)cc1. The van der Waals surface area contributed by atoms with Crippen LogP contribution in [0.3, 0.4) is 0 Å². The molecule has 0 spiro atoms. The molecule has 0 aromatic heterocycles. The van der Waals surface area contributed by atoms with Crippen molar-refractivity contribution in [2.45, 2.75) is 17.9 Å². The predicted octanol–water partition coefficient (Wildman–Crippen LogP) is 3.35. The van der Waals surface area contributed by atoms with Crippen molar-refractivity contribution >= 4 is 11.8 Å². The molecule has 0 aliphatic carbocycles. The minimum atomic E-state index is 0.0480. The summed E-state index contributed by atoms with van der Waals surface area (Å²) in [5.74, 6) is 6.77. The van der Waals surface area contributed by atoms with Gasteiger partial charge in [0.05, 0.1) is 6.04 Å². The number of benzene rings is 2. The Morgan fingerprint density at radius 3 is 2.17 bits per heavy atom. The maximum atomic E-state index is 5.68. The molecular formula is C15H18N2S. The first-order valence-electron chi connectivity index (χ1n) is 6.09. The van der Waals surface area contributed by atoms with Gasteiger partial charge in [0.15, 0.2) is 0 Å².